The van der Waals surface area contributed by atoms with Crippen molar-refractivity contribution in [1.29, 1.82) is 0 Å². The SMILES string of the molecule is O=C(CCCn1cccn1)N[C@H]1CCCN(Cc2cccnc2)C1. The summed E-state index contributed by atoms with van der Waals surface area (Å²) < 4.78 is 1.86. The number of carbonyl (C=O) groups excluding carboxylic acids is 1. The largest absolute Gasteiger partial charge is 0.352 e. The van der Waals surface area contributed by atoms with Gasteiger partial charge < -0.3 is 5.32 Å². The Balaban J connectivity index is 1.39. The molecular formula is C18H25N5O. The van der Waals surface area contributed by atoms with Crippen molar-refractivity contribution in [3.8, 4) is 0 Å². The molecule has 0 spiro atoms. The Morgan fingerprint density at radius 1 is 1.33 bits per heavy atom. The van der Waals surface area contributed by atoms with E-state index in [4.69, 9.17) is 0 Å². The van der Waals surface area contributed by atoms with Crippen LogP contribution in [0.25, 0.3) is 0 Å². The lowest BCUT2D eigenvalue weighted by Crippen LogP contribution is -2.47. The van der Waals surface area contributed by atoms with Crippen molar-refractivity contribution in [1.82, 2.24) is 25.0 Å². The van der Waals surface area contributed by atoms with Crippen molar-refractivity contribution >= 4 is 5.91 Å². The first-order chi connectivity index (χ1) is 11.8. The topological polar surface area (TPSA) is 63.1 Å². The maximum Gasteiger partial charge on any atom is 0.220 e. The van der Waals surface area contributed by atoms with Gasteiger partial charge in [-0.2, -0.15) is 5.10 Å². The van der Waals surface area contributed by atoms with Crippen molar-refractivity contribution < 1.29 is 4.79 Å². The standard InChI is InChI=1S/C18H25N5O/c24-18(7-3-11-23-12-4-9-20-23)21-17-6-2-10-22(15-17)14-16-5-1-8-19-13-16/h1,4-5,8-9,12-13,17H,2-3,6-7,10-11,14-15H2,(H,21,24)/t17-/m0/s1. The van der Waals surface area contributed by atoms with Crippen LogP contribution < -0.4 is 5.32 Å². The van der Waals surface area contributed by atoms with Gasteiger partial charge in [-0.25, -0.2) is 0 Å². The number of likely N-dealkylation sites (tertiary alicyclic amines) is 1. The second-order valence-electron chi connectivity index (χ2n) is 6.38. The normalized spacial score (nSPS) is 18.4. The minimum Gasteiger partial charge on any atom is -0.352 e. The molecule has 6 nitrogen and oxygen atoms in total. The van der Waals surface area contributed by atoms with E-state index in [1.165, 1.54) is 5.56 Å². The Kier molecular flexibility index (Phi) is 5.96. The van der Waals surface area contributed by atoms with Crippen molar-refractivity contribution in [2.45, 2.75) is 44.8 Å². The molecule has 128 valence electrons. The van der Waals surface area contributed by atoms with Crippen LogP contribution in [-0.4, -0.2) is 44.7 Å². The van der Waals surface area contributed by atoms with Gasteiger partial charge in [0.25, 0.3) is 0 Å². The number of carbonyl (C=O) groups is 1. The molecule has 1 aliphatic heterocycles. The predicted octanol–water partition coefficient (Wildman–Crippen LogP) is 1.84. The number of piperidine rings is 1. The molecule has 1 fully saturated rings. The highest BCUT2D eigenvalue weighted by atomic mass is 16.1. The van der Waals surface area contributed by atoms with Gasteiger partial charge in [0.05, 0.1) is 0 Å². The second-order valence-corrected chi connectivity index (χ2v) is 6.38. The Bertz CT molecular complexity index is 614. The van der Waals surface area contributed by atoms with Crippen LogP contribution in [0.3, 0.4) is 0 Å². The second kappa shape index (κ2) is 8.59. The summed E-state index contributed by atoms with van der Waals surface area (Å²) in [5.74, 6) is 0.149. The zero-order chi connectivity index (χ0) is 16.6. The molecule has 2 aromatic heterocycles. The first-order valence-electron chi connectivity index (χ1n) is 8.67. The average Bonchev–Trinajstić information content (AvgIpc) is 3.09. The van der Waals surface area contributed by atoms with Crippen molar-refractivity contribution in [2.24, 2.45) is 0 Å². The Morgan fingerprint density at radius 3 is 3.08 bits per heavy atom. The summed E-state index contributed by atoms with van der Waals surface area (Å²) in [6, 6.07) is 6.23. The summed E-state index contributed by atoms with van der Waals surface area (Å²) in [7, 11) is 0. The third-order valence-electron chi connectivity index (χ3n) is 4.35. The van der Waals surface area contributed by atoms with E-state index < -0.39 is 0 Å². The summed E-state index contributed by atoms with van der Waals surface area (Å²) in [6.45, 7) is 3.69. The van der Waals surface area contributed by atoms with E-state index in [1.807, 2.05) is 29.2 Å². The van der Waals surface area contributed by atoms with E-state index in [1.54, 1.807) is 12.4 Å². The highest BCUT2D eigenvalue weighted by Crippen LogP contribution is 2.13. The number of pyridine rings is 1. The van der Waals surface area contributed by atoms with Crippen molar-refractivity contribution in [3.05, 3.63) is 48.5 Å². The van der Waals surface area contributed by atoms with Gasteiger partial charge in [-0.3, -0.25) is 19.4 Å². The maximum atomic E-state index is 12.1. The van der Waals surface area contributed by atoms with Gasteiger partial charge in [0, 0.05) is 56.9 Å². The molecule has 3 heterocycles. The fraction of sp³-hybridized carbons (Fsp3) is 0.500. The minimum absolute atomic E-state index is 0.149. The van der Waals surface area contributed by atoms with Crippen LogP contribution in [0.2, 0.25) is 0 Å². The molecule has 1 N–H and O–H groups in total. The van der Waals surface area contributed by atoms with E-state index in [-0.39, 0.29) is 11.9 Å². The first kappa shape index (κ1) is 16.6. The Labute approximate surface area is 142 Å². The van der Waals surface area contributed by atoms with E-state index in [9.17, 15) is 4.79 Å². The van der Waals surface area contributed by atoms with Crippen molar-refractivity contribution in [3.63, 3.8) is 0 Å². The van der Waals surface area contributed by atoms with Crippen molar-refractivity contribution in [2.75, 3.05) is 13.1 Å². The van der Waals surface area contributed by atoms with Crippen LogP contribution >= 0.6 is 0 Å². The third-order valence-corrected chi connectivity index (χ3v) is 4.35. The molecule has 1 aliphatic rings. The number of hydrogen-bond donors (Lipinski definition) is 1. The van der Waals surface area contributed by atoms with E-state index in [2.05, 4.69) is 26.4 Å². The molecule has 24 heavy (non-hydrogen) atoms. The van der Waals surface area contributed by atoms with Crippen LogP contribution in [-0.2, 0) is 17.9 Å². The molecular weight excluding hydrogens is 302 g/mol. The molecule has 0 aliphatic carbocycles. The third kappa shape index (κ3) is 5.16. The maximum absolute atomic E-state index is 12.1. The molecule has 0 unspecified atom stereocenters. The van der Waals surface area contributed by atoms with Gasteiger partial charge in [0.15, 0.2) is 0 Å². The number of aryl methyl sites for hydroxylation is 1. The fourth-order valence-electron chi connectivity index (χ4n) is 3.20. The van der Waals surface area contributed by atoms with Crippen LogP contribution in [0.15, 0.2) is 43.0 Å². The monoisotopic (exact) mass is 327 g/mol. The molecule has 0 radical (unpaired) electrons. The van der Waals surface area contributed by atoms with Gasteiger partial charge in [0.1, 0.15) is 0 Å². The van der Waals surface area contributed by atoms with E-state index >= 15 is 0 Å². The number of hydrogen-bond acceptors (Lipinski definition) is 4. The predicted molar refractivity (Wildman–Crippen MR) is 92.1 cm³/mol. The zero-order valence-electron chi connectivity index (χ0n) is 14.0. The minimum atomic E-state index is 0.149. The van der Waals surface area contributed by atoms with Gasteiger partial charge >= 0.3 is 0 Å². The number of aromatic nitrogens is 3. The summed E-state index contributed by atoms with van der Waals surface area (Å²) in [5, 5.41) is 7.34. The van der Waals surface area contributed by atoms with Gasteiger partial charge in [-0.05, 0) is 43.5 Å². The van der Waals surface area contributed by atoms with Crippen LogP contribution in [0.5, 0.6) is 0 Å². The van der Waals surface area contributed by atoms with E-state index in [0.717, 1.165) is 45.4 Å². The van der Waals surface area contributed by atoms with E-state index in [0.29, 0.717) is 6.42 Å². The lowest BCUT2D eigenvalue weighted by atomic mass is 10.0. The number of rotatable bonds is 7. The first-order valence-corrected chi connectivity index (χ1v) is 8.67. The molecule has 1 amide bonds. The number of amides is 1. The lowest BCUT2D eigenvalue weighted by molar-refractivity contribution is -0.122. The highest BCUT2D eigenvalue weighted by Gasteiger charge is 2.21. The average molecular weight is 327 g/mol. The molecule has 0 aromatic carbocycles. The van der Waals surface area contributed by atoms with Crippen LogP contribution in [0, 0.1) is 0 Å². The molecule has 3 rings (SSSR count). The molecule has 1 atom stereocenters. The van der Waals surface area contributed by atoms with Crippen LogP contribution in [0.4, 0.5) is 0 Å². The lowest BCUT2D eigenvalue weighted by Gasteiger charge is -2.33. The summed E-state index contributed by atoms with van der Waals surface area (Å²) in [4.78, 5) is 18.7. The number of nitrogens with zero attached hydrogens (tertiary/aromatic N) is 4. The van der Waals surface area contributed by atoms with Crippen LogP contribution in [0.1, 0.15) is 31.2 Å². The fourth-order valence-corrected chi connectivity index (χ4v) is 3.20. The molecule has 6 heteroatoms. The molecule has 0 bridgehead atoms. The summed E-state index contributed by atoms with van der Waals surface area (Å²) in [6.07, 6.45) is 11.0. The van der Waals surface area contributed by atoms with Gasteiger partial charge in [0.2, 0.25) is 5.91 Å². The quantitative estimate of drug-likeness (QED) is 0.843. The summed E-state index contributed by atoms with van der Waals surface area (Å²) >= 11 is 0. The Morgan fingerprint density at radius 2 is 2.29 bits per heavy atom. The zero-order valence-corrected chi connectivity index (χ0v) is 14.0. The molecule has 0 saturated carbocycles. The van der Waals surface area contributed by atoms with Gasteiger partial charge in [-0.15, -0.1) is 0 Å². The highest BCUT2D eigenvalue weighted by molar-refractivity contribution is 5.76. The Hall–Kier alpha value is -2.21. The molecule has 1 saturated heterocycles. The van der Waals surface area contributed by atoms with Gasteiger partial charge in [-0.1, -0.05) is 6.07 Å². The summed E-state index contributed by atoms with van der Waals surface area (Å²) in [5.41, 5.74) is 1.23. The number of nitrogens with one attached hydrogen (secondary N) is 1. The smallest absolute Gasteiger partial charge is 0.220 e. The molecule has 2 aromatic rings.